The number of unbranched alkanes of at least 4 members (excludes halogenated alkanes) is 4. The van der Waals surface area contributed by atoms with Crippen molar-refractivity contribution in [2.24, 2.45) is 41.4 Å². The van der Waals surface area contributed by atoms with Gasteiger partial charge in [0.2, 0.25) is 5.79 Å². The monoisotopic (exact) mass is 643 g/mol. The zero-order valence-corrected chi connectivity index (χ0v) is 30.5. The number of hydrogen-bond donors (Lipinski definition) is 0. The summed E-state index contributed by atoms with van der Waals surface area (Å²) in [6, 6.07) is 0. The van der Waals surface area contributed by atoms with Gasteiger partial charge in [0.05, 0.1) is 12.0 Å². The van der Waals surface area contributed by atoms with Gasteiger partial charge in [-0.05, 0) is 125 Å². The molecule has 0 amide bonds. The van der Waals surface area contributed by atoms with E-state index in [2.05, 4.69) is 13.8 Å². The van der Waals surface area contributed by atoms with Gasteiger partial charge < -0.3 is 14.2 Å². The molecule has 0 aromatic heterocycles. The molecule has 5 aliphatic carbocycles. The molecule has 0 saturated heterocycles. The van der Waals surface area contributed by atoms with E-state index in [-0.39, 0.29) is 18.7 Å². The van der Waals surface area contributed by atoms with Crippen LogP contribution in [-0.2, 0) is 19.0 Å². The number of carbonyl (C=O) groups is 1. The third-order valence-electron chi connectivity index (χ3n) is 13.9. The molecule has 0 aromatic rings. The highest BCUT2D eigenvalue weighted by Gasteiger charge is 2.41. The minimum absolute atomic E-state index is 0.0144. The molecule has 0 N–H and O–H groups in total. The quantitative estimate of drug-likeness (QED) is 0.0954. The molecule has 4 heteroatoms. The maximum atomic E-state index is 13.5. The van der Waals surface area contributed by atoms with Gasteiger partial charge in [-0.3, -0.25) is 4.79 Å². The van der Waals surface area contributed by atoms with Crippen molar-refractivity contribution in [3.8, 4) is 0 Å². The fraction of sp³-hybridized carbons (Fsp3) is 0.976. The van der Waals surface area contributed by atoms with Crippen LogP contribution in [0.25, 0.3) is 0 Å². The van der Waals surface area contributed by atoms with Gasteiger partial charge in [-0.1, -0.05) is 97.3 Å². The molecule has 0 spiro atoms. The number of ether oxygens (including phenoxy) is 3. The van der Waals surface area contributed by atoms with Crippen molar-refractivity contribution < 1.29 is 19.0 Å². The number of hydrogen-bond acceptors (Lipinski definition) is 4. The van der Waals surface area contributed by atoms with Crippen molar-refractivity contribution in [1.82, 2.24) is 0 Å². The van der Waals surface area contributed by atoms with E-state index in [9.17, 15) is 4.79 Å². The van der Waals surface area contributed by atoms with Gasteiger partial charge in [0.25, 0.3) is 0 Å². The van der Waals surface area contributed by atoms with Crippen LogP contribution in [0.1, 0.15) is 200 Å². The summed E-state index contributed by atoms with van der Waals surface area (Å²) in [7, 11) is 0. The number of esters is 1. The van der Waals surface area contributed by atoms with E-state index < -0.39 is 5.79 Å². The predicted molar refractivity (Wildman–Crippen MR) is 189 cm³/mol. The Balaban J connectivity index is 0.977. The summed E-state index contributed by atoms with van der Waals surface area (Å²) in [4.78, 5) is 13.5. The van der Waals surface area contributed by atoms with Crippen molar-refractivity contribution in [2.45, 2.75) is 212 Å². The smallest absolute Gasteiger partial charge is 0.311 e. The third-order valence-corrected chi connectivity index (χ3v) is 13.9. The fourth-order valence-electron chi connectivity index (χ4n) is 10.7. The second-order valence-corrected chi connectivity index (χ2v) is 17.0. The summed E-state index contributed by atoms with van der Waals surface area (Å²) >= 11 is 0. The first-order valence-electron chi connectivity index (χ1n) is 21.1. The van der Waals surface area contributed by atoms with Crippen molar-refractivity contribution in [3.63, 3.8) is 0 Å². The Morgan fingerprint density at radius 1 is 0.565 bits per heavy atom. The SMILES string of the molecule is CCCCCC1CCC(C2CCC(OCOC3(OC(=O)C4CCC(C5CCC(CCCCC)CC5)CC4)CCCCC3)CC2)CC1. The van der Waals surface area contributed by atoms with Gasteiger partial charge in [0.1, 0.15) is 0 Å². The Bertz CT molecular complexity index is 819. The third kappa shape index (κ3) is 11.2. The average Bonchev–Trinajstić information content (AvgIpc) is 3.10. The largest absolute Gasteiger partial charge is 0.433 e. The zero-order chi connectivity index (χ0) is 32.0. The maximum Gasteiger partial charge on any atom is 0.311 e. The molecular formula is C42H74O4. The first-order chi connectivity index (χ1) is 22.6. The number of rotatable bonds is 16. The van der Waals surface area contributed by atoms with Crippen molar-refractivity contribution >= 4 is 5.97 Å². The van der Waals surface area contributed by atoms with E-state index in [1.165, 1.54) is 148 Å². The van der Waals surface area contributed by atoms with Gasteiger partial charge in [-0.15, -0.1) is 0 Å². The lowest BCUT2D eigenvalue weighted by atomic mass is 9.68. The molecule has 0 aromatic carbocycles. The van der Waals surface area contributed by atoms with Gasteiger partial charge in [-0.25, -0.2) is 0 Å². The van der Waals surface area contributed by atoms with Crippen LogP contribution in [-0.4, -0.2) is 24.7 Å². The molecule has 5 rings (SSSR count). The second kappa shape index (κ2) is 19.5. The van der Waals surface area contributed by atoms with E-state index in [1.54, 1.807) is 0 Å². The Hall–Kier alpha value is -0.610. The van der Waals surface area contributed by atoms with Crippen molar-refractivity contribution in [1.29, 1.82) is 0 Å². The topological polar surface area (TPSA) is 44.8 Å². The second-order valence-electron chi connectivity index (χ2n) is 17.0. The van der Waals surface area contributed by atoms with Crippen molar-refractivity contribution in [2.75, 3.05) is 6.79 Å². The van der Waals surface area contributed by atoms with Crippen LogP contribution in [0.5, 0.6) is 0 Å². The van der Waals surface area contributed by atoms with Gasteiger partial charge in [0.15, 0.2) is 6.79 Å². The lowest BCUT2D eigenvalue weighted by Gasteiger charge is -2.40. The molecule has 0 aliphatic heterocycles. The van der Waals surface area contributed by atoms with E-state index in [4.69, 9.17) is 14.2 Å². The van der Waals surface area contributed by atoms with Gasteiger partial charge >= 0.3 is 5.97 Å². The van der Waals surface area contributed by atoms with Crippen molar-refractivity contribution in [3.05, 3.63) is 0 Å². The lowest BCUT2D eigenvalue weighted by molar-refractivity contribution is -0.282. The normalized spacial score (nSPS) is 35.4. The van der Waals surface area contributed by atoms with E-state index in [0.717, 1.165) is 74.0 Å². The molecule has 0 unspecified atom stereocenters. The van der Waals surface area contributed by atoms with Crippen LogP contribution in [0, 0.1) is 41.4 Å². The predicted octanol–water partition coefficient (Wildman–Crippen LogP) is 12.3. The minimum atomic E-state index is -0.755. The zero-order valence-electron chi connectivity index (χ0n) is 30.5. The van der Waals surface area contributed by atoms with Crippen LogP contribution >= 0.6 is 0 Å². The highest BCUT2D eigenvalue weighted by atomic mass is 16.8. The Labute approximate surface area is 284 Å². The maximum absolute atomic E-state index is 13.5. The van der Waals surface area contributed by atoms with E-state index >= 15 is 0 Å². The summed E-state index contributed by atoms with van der Waals surface area (Å²) < 4.78 is 19.1. The molecule has 0 heterocycles. The summed E-state index contributed by atoms with van der Waals surface area (Å²) in [5.74, 6) is 4.89. The van der Waals surface area contributed by atoms with E-state index in [1.807, 2.05) is 0 Å². The molecular weight excluding hydrogens is 568 g/mol. The molecule has 266 valence electrons. The first-order valence-corrected chi connectivity index (χ1v) is 21.1. The van der Waals surface area contributed by atoms with Crippen LogP contribution in [0.3, 0.4) is 0 Å². The Kier molecular flexibility index (Phi) is 15.6. The molecule has 5 fully saturated rings. The summed E-state index contributed by atoms with van der Waals surface area (Å²) in [5.41, 5.74) is 0. The Morgan fingerprint density at radius 3 is 1.50 bits per heavy atom. The highest BCUT2D eigenvalue weighted by molar-refractivity contribution is 5.73. The van der Waals surface area contributed by atoms with Crippen LogP contribution in [0.15, 0.2) is 0 Å². The molecule has 0 radical (unpaired) electrons. The molecule has 0 atom stereocenters. The Morgan fingerprint density at radius 2 is 1.02 bits per heavy atom. The molecule has 4 nitrogen and oxygen atoms in total. The fourth-order valence-corrected chi connectivity index (χ4v) is 10.7. The van der Waals surface area contributed by atoms with Crippen LogP contribution in [0.4, 0.5) is 0 Å². The average molecular weight is 643 g/mol. The summed E-state index contributed by atoms with van der Waals surface area (Å²) in [5, 5.41) is 0. The van der Waals surface area contributed by atoms with Gasteiger partial charge in [-0.2, -0.15) is 0 Å². The first kappa shape index (κ1) is 36.7. The van der Waals surface area contributed by atoms with Crippen LogP contribution < -0.4 is 0 Å². The van der Waals surface area contributed by atoms with Gasteiger partial charge in [0, 0.05) is 12.8 Å². The summed E-state index contributed by atoms with van der Waals surface area (Å²) in [6.45, 7) is 4.91. The standard InChI is InChI=1S/C42H74O4/c1-3-5-8-12-33-14-18-35(19-15-33)37-22-24-39(25-23-37)41(43)46-42(30-10-7-11-31-42)45-32-44-40-28-26-38(27-29-40)36-20-16-34(17-21-36)13-9-6-4-2/h33-40H,3-32H2,1-2H3. The highest BCUT2D eigenvalue weighted by Crippen LogP contribution is 2.44. The van der Waals surface area contributed by atoms with E-state index in [0.29, 0.717) is 6.10 Å². The molecule has 5 saturated carbocycles. The molecule has 46 heavy (non-hydrogen) atoms. The molecule has 5 aliphatic rings. The lowest BCUT2D eigenvalue weighted by Crippen LogP contribution is -2.43. The molecule has 0 bridgehead atoms. The minimum Gasteiger partial charge on any atom is -0.433 e. The number of carbonyl (C=O) groups excluding carboxylic acids is 1. The summed E-state index contributed by atoms with van der Waals surface area (Å²) in [6.07, 6.45) is 37.6. The van der Waals surface area contributed by atoms with Crippen LogP contribution in [0.2, 0.25) is 0 Å².